The van der Waals surface area contributed by atoms with Crippen molar-refractivity contribution in [3.63, 3.8) is 0 Å². The minimum absolute atomic E-state index is 0.0686. The number of hydrogen-bond donors (Lipinski definition) is 2. The Morgan fingerprint density at radius 3 is 2.91 bits per heavy atom. The van der Waals surface area contributed by atoms with Gasteiger partial charge in [0, 0.05) is 24.3 Å². The molecule has 0 radical (unpaired) electrons. The Morgan fingerprint density at radius 2 is 2.24 bits per heavy atom. The summed E-state index contributed by atoms with van der Waals surface area (Å²) < 4.78 is 25.6. The van der Waals surface area contributed by atoms with Gasteiger partial charge in [0.1, 0.15) is 17.6 Å². The molecule has 4 atom stereocenters. The van der Waals surface area contributed by atoms with Gasteiger partial charge in [0.25, 0.3) is 5.91 Å². The highest BCUT2D eigenvalue weighted by Gasteiger charge is 2.66. The third-order valence-electron chi connectivity index (χ3n) is 6.01. The number of thioether (sulfide) groups is 1. The number of aromatic nitrogens is 2. The molecule has 2 heterocycles. The van der Waals surface area contributed by atoms with E-state index < -0.39 is 17.3 Å². The second-order valence-corrected chi connectivity index (χ2v) is 9.84. The number of hydrogen-bond acceptors (Lipinski definition) is 8. The van der Waals surface area contributed by atoms with Gasteiger partial charge in [0.2, 0.25) is 5.88 Å². The Hall–Kier alpha value is -2.98. The van der Waals surface area contributed by atoms with Crippen molar-refractivity contribution in [2.75, 3.05) is 19.0 Å². The van der Waals surface area contributed by atoms with Crippen molar-refractivity contribution >= 4 is 28.5 Å². The van der Waals surface area contributed by atoms with E-state index in [0.29, 0.717) is 23.0 Å². The minimum Gasteiger partial charge on any atom is -0.469 e. The Kier molecular flexibility index (Phi) is 6.15. The van der Waals surface area contributed by atoms with Gasteiger partial charge in [0.05, 0.1) is 29.3 Å². The van der Waals surface area contributed by atoms with Gasteiger partial charge in [-0.1, -0.05) is 24.4 Å². The molecule has 2 aliphatic rings. The standard InChI is InChI=1S/C23H26FN5O3S/c1-5-13(2)32-19-11-26-17(10-27-19)20(30)28-14-6-7-16(24)15(8-14)22(3)18-9-23(18,12-31-4)33-21(25)29-22/h5-8,10-11,13,18H,1,9,12H2,2-4H3,(H2,25,29)(H,28,30)/t13-,18?,22-,23-/m1/s1. The van der Waals surface area contributed by atoms with Gasteiger partial charge in [0.15, 0.2) is 5.17 Å². The SMILES string of the molecule is C=C[C@@H](C)Oc1cnc(C(=O)Nc2ccc(F)c([C@@]3(C)N=C(N)S[C@@]4(COC)CC43)c2)cn1. The number of amides is 1. The average molecular weight is 472 g/mol. The van der Waals surface area contributed by atoms with Crippen molar-refractivity contribution in [3.8, 4) is 5.88 Å². The first-order valence-electron chi connectivity index (χ1n) is 10.5. The molecule has 33 heavy (non-hydrogen) atoms. The molecular formula is C23H26FN5O3S. The Balaban J connectivity index is 1.55. The van der Waals surface area contributed by atoms with Crippen LogP contribution in [-0.2, 0) is 10.3 Å². The first kappa shape index (κ1) is 23.2. The van der Waals surface area contributed by atoms with E-state index >= 15 is 0 Å². The topological polar surface area (TPSA) is 112 Å². The monoisotopic (exact) mass is 471 g/mol. The third-order valence-corrected chi connectivity index (χ3v) is 7.29. The predicted molar refractivity (Wildman–Crippen MR) is 126 cm³/mol. The molecule has 1 aromatic heterocycles. The van der Waals surface area contributed by atoms with E-state index in [1.54, 1.807) is 19.3 Å². The van der Waals surface area contributed by atoms with Crippen LogP contribution < -0.4 is 15.8 Å². The van der Waals surface area contributed by atoms with Gasteiger partial charge in [-0.25, -0.2) is 14.4 Å². The van der Waals surface area contributed by atoms with Gasteiger partial charge < -0.3 is 20.5 Å². The molecule has 1 aliphatic heterocycles. The number of nitrogens with two attached hydrogens (primary N) is 1. The summed E-state index contributed by atoms with van der Waals surface area (Å²) in [7, 11) is 1.64. The Bertz CT molecular complexity index is 1110. The summed E-state index contributed by atoms with van der Waals surface area (Å²) >= 11 is 1.49. The number of carbonyl (C=O) groups excluding carboxylic acids is 1. The van der Waals surface area contributed by atoms with E-state index in [1.165, 1.54) is 36.3 Å². The quantitative estimate of drug-likeness (QED) is 0.567. The highest BCUT2D eigenvalue weighted by molar-refractivity contribution is 8.15. The lowest BCUT2D eigenvalue weighted by Crippen LogP contribution is -2.37. The lowest BCUT2D eigenvalue weighted by molar-refractivity contribution is 0.102. The largest absolute Gasteiger partial charge is 0.469 e. The van der Waals surface area contributed by atoms with E-state index in [0.717, 1.165) is 6.42 Å². The van der Waals surface area contributed by atoms with E-state index in [9.17, 15) is 9.18 Å². The number of halogens is 1. The van der Waals surface area contributed by atoms with Gasteiger partial charge >= 0.3 is 0 Å². The van der Waals surface area contributed by atoms with Crippen molar-refractivity contribution in [1.29, 1.82) is 0 Å². The number of fused-ring (bicyclic) bond motifs is 1. The second-order valence-electron chi connectivity index (χ2n) is 8.40. The summed E-state index contributed by atoms with van der Waals surface area (Å²) in [6, 6.07) is 4.42. The van der Waals surface area contributed by atoms with E-state index in [1.807, 2.05) is 13.8 Å². The summed E-state index contributed by atoms with van der Waals surface area (Å²) in [4.78, 5) is 25.5. The second kappa shape index (κ2) is 8.75. The van der Waals surface area contributed by atoms with Gasteiger partial charge in [-0.05, 0) is 38.5 Å². The Labute approximate surface area is 195 Å². The van der Waals surface area contributed by atoms with Crippen molar-refractivity contribution in [3.05, 3.63) is 60.3 Å². The van der Waals surface area contributed by atoms with Crippen LogP contribution in [0.3, 0.4) is 0 Å². The molecule has 174 valence electrons. The molecule has 0 bridgehead atoms. The Morgan fingerprint density at radius 1 is 1.45 bits per heavy atom. The van der Waals surface area contributed by atoms with E-state index in [-0.39, 0.29) is 28.3 Å². The van der Waals surface area contributed by atoms with Crippen LogP contribution in [0.4, 0.5) is 10.1 Å². The third kappa shape index (κ3) is 4.45. The maximum atomic E-state index is 15.0. The van der Waals surface area contributed by atoms with Gasteiger partial charge in [-0.3, -0.25) is 9.79 Å². The molecule has 1 saturated carbocycles. The molecule has 10 heteroatoms. The zero-order valence-corrected chi connectivity index (χ0v) is 19.5. The van der Waals surface area contributed by atoms with Gasteiger partial charge in [-0.2, -0.15) is 0 Å². The summed E-state index contributed by atoms with van der Waals surface area (Å²) in [5.41, 5.74) is 6.15. The van der Waals surface area contributed by atoms with Crippen LogP contribution in [0.15, 0.2) is 48.2 Å². The summed E-state index contributed by atoms with van der Waals surface area (Å²) in [6.07, 6.45) is 4.89. The molecular weight excluding hydrogens is 445 g/mol. The number of rotatable bonds is 8. The summed E-state index contributed by atoms with van der Waals surface area (Å²) in [5.74, 6) is -0.532. The highest BCUT2D eigenvalue weighted by Crippen LogP contribution is 2.66. The molecule has 1 fully saturated rings. The van der Waals surface area contributed by atoms with Crippen molar-refractivity contribution in [2.45, 2.75) is 36.7 Å². The molecule has 3 N–H and O–H groups in total. The maximum absolute atomic E-state index is 15.0. The molecule has 8 nitrogen and oxygen atoms in total. The summed E-state index contributed by atoms with van der Waals surface area (Å²) in [6.45, 7) is 7.84. The molecule has 0 spiro atoms. The number of methoxy groups -OCH3 is 1. The van der Waals surface area contributed by atoms with Crippen LogP contribution in [-0.4, -0.2) is 45.6 Å². The zero-order chi connectivity index (χ0) is 23.8. The number of anilines is 1. The number of nitrogens with one attached hydrogen (secondary N) is 1. The summed E-state index contributed by atoms with van der Waals surface area (Å²) in [5, 5.41) is 3.16. The van der Waals surface area contributed by atoms with Crippen LogP contribution >= 0.6 is 11.8 Å². The van der Waals surface area contributed by atoms with Crippen LogP contribution in [0.5, 0.6) is 5.88 Å². The van der Waals surface area contributed by atoms with Crippen LogP contribution in [0.25, 0.3) is 0 Å². The number of aliphatic imine (C=N–C) groups is 1. The first-order valence-corrected chi connectivity index (χ1v) is 11.3. The fraction of sp³-hybridized carbons (Fsp3) is 0.391. The lowest BCUT2D eigenvalue weighted by atomic mass is 9.85. The highest BCUT2D eigenvalue weighted by atomic mass is 32.2. The van der Waals surface area contributed by atoms with Gasteiger partial charge in [-0.15, -0.1) is 0 Å². The lowest BCUT2D eigenvalue weighted by Gasteiger charge is -2.34. The van der Waals surface area contributed by atoms with E-state index in [2.05, 4.69) is 26.9 Å². The fourth-order valence-electron chi connectivity index (χ4n) is 4.25. The molecule has 1 amide bonds. The molecule has 1 aliphatic carbocycles. The molecule has 1 unspecified atom stereocenters. The number of nitrogens with zero attached hydrogens (tertiary/aromatic N) is 3. The predicted octanol–water partition coefficient (Wildman–Crippen LogP) is 3.50. The molecule has 1 aromatic carbocycles. The van der Waals surface area contributed by atoms with Crippen molar-refractivity contribution in [2.24, 2.45) is 16.6 Å². The van der Waals surface area contributed by atoms with Crippen molar-refractivity contribution < 1.29 is 18.7 Å². The number of amidine groups is 1. The number of benzene rings is 1. The minimum atomic E-state index is -0.862. The van der Waals surface area contributed by atoms with E-state index in [4.69, 9.17) is 15.2 Å². The van der Waals surface area contributed by atoms with Crippen LogP contribution in [0.2, 0.25) is 0 Å². The number of ether oxygens (including phenoxy) is 2. The van der Waals surface area contributed by atoms with Crippen molar-refractivity contribution in [1.82, 2.24) is 9.97 Å². The van der Waals surface area contributed by atoms with Crippen LogP contribution in [0, 0.1) is 11.7 Å². The normalized spacial score (nSPS) is 26.5. The fourth-order valence-corrected chi connectivity index (χ4v) is 5.70. The van der Waals surface area contributed by atoms with Crippen LogP contribution in [0.1, 0.15) is 36.3 Å². The average Bonchev–Trinajstić information content (AvgIpc) is 3.50. The first-order chi connectivity index (χ1) is 15.7. The molecule has 4 rings (SSSR count). The zero-order valence-electron chi connectivity index (χ0n) is 18.7. The molecule has 0 saturated heterocycles. The maximum Gasteiger partial charge on any atom is 0.275 e. The smallest absolute Gasteiger partial charge is 0.275 e. The molecule has 2 aromatic rings. The number of carbonyl (C=O) groups is 1.